The van der Waals surface area contributed by atoms with Gasteiger partial charge >= 0.3 is 11.9 Å². The first-order valence-electron chi connectivity index (χ1n) is 23.8. The maximum absolute atomic E-state index is 14.6. The third-order valence-corrected chi connectivity index (χ3v) is 12.6. The van der Waals surface area contributed by atoms with Crippen LogP contribution in [0, 0.1) is 29.6 Å². The van der Waals surface area contributed by atoms with Gasteiger partial charge < -0.3 is 50.0 Å². The van der Waals surface area contributed by atoms with Crippen LogP contribution in [-0.2, 0) is 54.3 Å². The number of ether oxygens (including phenoxy) is 3. The first-order chi connectivity index (χ1) is 31.4. The van der Waals surface area contributed by atoms with Gasteiger partial charge in [-0.3, -0.25) is 33.6 Å². The summed E-state index contributed by atoms with van der Waals surface area (Å²) in [4.78, 5) is 117. The number of rotatable bonds is 14. The number of esters is 2. The summed E-state index contributed by atoms with van der Waals surface area (Å²) in [5, 5.41) is 19.9. The summed E-state index contributed by atoms with van der Waals surface area (Å²) < 4.78 is 16.9. The van der Waals surface area contributed by atoms with Crippen molar-refractivity contribution >= 4 is 47.4 Å². The minimum atomic E-state index is -1.59. The molecule has 0 aliphatic carbocycles. The number of amides is 6. The normalized spacial score (nSPS) is 25.2. The highest BCUT2D eigenvalue weighted by molar-refractivity contribution is 5.96. The number of carbonyl (C=O) groups excluding carboxylic acids is 8. The Morgan fingerprint density at radius 3 is 2.12 bits per heavy atom. The molecule has 18 nitrogen and oxygen atoms in total. The Kier molecular flexibility index (Phi) is 21.6. The Labute approximate surface area is 396 Å². The van der Waals surface area contributed by atoms with Crippen molar-refractivity contribution in [2.75, 3.05) is 34.4 Å². The molecule has 1 aromatic rings. The van der Waals surface area contributed by atoms with Crippen LogP contribution < -0.4 is 20.7 Å². The molecular formula is C49H78N6O12. The number of aliphatic hydroxyl groups excluding tert-OH is 1. The fraction of sp³-hybridized carbons (Fsp3) is 0.714. The molecule has 2 fully saturated rings. The van der Waals surface area contributed by atoms with Gasteiger partial charge in [0.2, 0.25) is 29.5 Å². The van der Waals surface area contributed by atoms with E-state index in [0.717, 1.165) is 0 Å². The zero-order valence-corrected chi connectivity index (χ0v) is 42.0. The monoisotopic (exact) mass is 943 g/mol. The molecule has 2 heterocycles. The second-order valence-corrected chi connectivity index (χ2v) is 19.7. The predicted octanol–water partition coefficient (Wildman–Crippen LogP) is 3.01. The highest BCUT2D eigenvalue weighted by Crippen LogP contribution is 2.25. The summed E-state index contributed by atoms with van der Waals surface area (Å²) in [6.45, 7) is 17.3. The van der Waals surface area contributed by atoms with Crippen molar-refractivity contribution in [3.63, 3.8) is 0 Å². The van der Waals surface area contributed by atoms with Crippen LogP contribution >= 0.6 is 0 Å². The van der Waals surface area contributed by atoms with Gasteiger partial charge in [-0.25, -0.2) is 4.79 Å². The smallest absolute Gasteiger partial charge is 0.329 e. The van der Waals surface area contributed by atoms with Crippen molar-refractivity contribution in [1.82, 2.24) is 30.7 Å². The minimum Gasteiger partial charge on any atom is -0.497 e. The fourth-order valence-electron chi connectivity index (χ4n) is 8.46. The lowest BCUT2D eigenvalue weighted by molar-refractivity contribution is -0.161. The van der Waals surface area contributed by atoms with Gasteiger partial charge in [0.05, 0.1) is 25.7 Å². The molecule has 9 atom stereocenters. The molecule has 18 heteroatoms. The van der Waals surface area contributed by atoms with E-state index < -0.39 is 121 Å². The lowest BCUT2D eigenvalue weighted by atomic mass is 9.92. The van der Waals surface area contributed by atoms with Gasteiger partial charge in [0.15, 0.2) is 6.10 Å². The van der Waals surface area contributed by atoms with Crippen molar-refractivity contribution < 1.29 is 57.7 Å². The summed E-state index contributed by atoms with van der Waals surface area (Å²) >= 11 is 0. The molecule has 0 radical (unpaired) electrons. The van der Waals surface area contributed by atoms with E-state index in [1.807, 2.05) is 34.6 Å². The van der Waals surface area contributed by atoms with Crippen molar-refractivity contribution in [3.05, 3.63) is 29.8 Å². The Hall–Kier alpha value is -5.26. The number of aliphatic hydroxyl groups is 1. The second-order valence-electron chi connectivity index (χ2n) is 19.7. The average molecular weight is 943 g/mol. The van der Waals surface area contributed by atoms with E-state index in [1.54, 1.807) is 58.9 Å². The molecule has 0 bridgehead atoms. The molecule has 0 aromatic heterocycles. The average Bonchev–Trinajstić information content (AvgIpc) is 3.77. The Morgan fingerprint density at radius 1 is 0.925 bits per heavy atom. The molecule has 1 aromatic carbocycles. The van der Waals surface area contributed by atoms with Gasteiger partial charge in [-0.1, -0.05) is 87.8 Å². The van der Waals surface area contributed by atoms with Crippen molar-refractivity contribution in [3.8, 4) is 5.75 Å². The molecule has 0 unspecified atom stereocenters. The van der Waals surface area contributed by atoms with Crippen LogP contribution in [0.5, 0.6) is 5.75 Å². The summed E-state index contributed by atoms with van der Waals surface area (Å²) in [7, 11) is 4.46. The molecule has 0 saturated carbocycles. The lowest BCUT2D eigenvalue weighted by Gasteiger charge is -2.34. The van der Waals surface area contributed by atoms with E-state index in [-0.39, 0.29) is 50.0 Å². The summed E-state index contributed by atoms with van der Waals surface area (Å²) in [6, 6.07) is -0.262. The van der Waals surface area contributed by atoms with E-state index >= 15 is 0 Å². The third kappa shape index (κ3) is 15.6. The summed E-state index contributed by atoms with van der Waals surface area (Å²) in [6.07, 6.45) is -2.00. The lowest BCUT2D eigenvalue weighted by Crippen LogP contribution is -2.59. The van der Waals surface area contributed by atoms with E-state index in [9.17, 15) is 43.5 Å². The molecule has 2 aliphatic heterocycles. The number of fused-ring (bicyclic) bond motifs is 1. The molecule has 67 heavy (non-hydrogen) atoms. The number of cyclic esters (lactones) is 2. The predicted molar refractivity (Wildman–Crippen MR) is 250 cm³/mol. The molecule has 3 rings (SSSR count). The number of nitrogens with one attached hydrogen (secondary N) is 3. The molecule has 4 N–H and O–H groups in total. The topological polar surface area (TPSA) is 230 Å². The maximum atomic E-state index is 14.6. The number of likely N-dealkylation sites (N-methyl/N-ethyl adjacent to an activating group) is 2. The van der Waals surface area contributed by atoms with Gasteiger partial charge in [-0.2, -0.15) is 0 Å². The number of nitrogens with zero attached hydrogens (tertiary/aromatic N) is 3. The number of hydrogen-bond acceptors (Lipinski definition) is 12. The zero-order chi connectivity index (χ0) is 50.4. The van der Waals surface area contributed by atoms with Gasteiger partial charge in [0, 0.05) is 33.0 Å². The van der Waals surface area contributed by atoms with Crippen LogP contribution in [-0.4, -0.2) is 150 Å². The molecular weight excluding hydrogens is 865 g/mol. The number of methoxy groups -OCH3 is 1. The number of benzene rings is 1. The number of carbonyl (C=O) groups is 8. The molecule has 0 spiro atoms. The van der Waals surface area contributed by atoms with Crippen LogP contribution in [0.25, 0.3) is 0 Å². The molecule has 376 valence electrons. The van der Waals surface area contributed by atoms with E-state index in [1.165, 1.54) is 35.9 Å². The third-order valence-electron chi connectivity index (χ3n) is 12.6. The van der Waals surface area contributed by atoms with Crippen LogP contribution in [0.4, 0.5) is 0 Å². The van der Waals surface area contributed by atoms with Crippen molar-refractivity contribution in [2.24, 2.45) is 29.6 Å². The highest BCUT2D eigenvalue weighted by atomic mass is 16.6. The first kappa shape index (κ1) is 56.1. The van der Waals surface area contributed by atoms with Crippen LogP contribution in [0.3, 0.4) is 0 Å². The Morgan fingerprint density at radius 2 is 1.57 bits per heavy atom. The SMILES string of the molecule is CC[C@H](C)[C@H]1NC(=O)[C@@H](NC(=O)[C@@H](CC(C)C)N(C)C(=O)C(C)C)COC(=O)[C@H](Cc2ccc(OC)cc2)N(C)C(=O)[C@@H]2CCCN2C(=O)[C@H](CC(C)C)NC(=O)[C@H](C(C)C)OC(=O)C[C@@H]1O. The Balaban J connectivity index is 2.22. The van der Waals surface area contributed by atoms with Gasteiger partial charge in [-0.05, 0) is 67.1 Å². The zero-order valence-electron chi connectivity index (χ0n) is 42.0. The van der Waals surface area contributed by atoms with Crippen LogP contribution in [0.2, 0.25) is 0 Å². The van der Waals surface area contributed by atoms with Gasteiger partial charge in [0.1, 0.15) is 42.6 Å². The van der Waals surface area contributed by atoms with E-state index in [0.29, 0.717) is 24.2 Å². The quantitative estimate of drug-likeness (QED) is 0.198. The van der Waals surface area contributed by atoms with Gasteiger partial charge in [-0.15, -0.1) is 0 Å². The minimum absolute atomic E-state index is 0.0491. The molecule has 2 saturated heterocycles. The standard InChI is InChI=1S/C49H78N6O12/c1-14-31(10)41-39(56)25-40(57)67-42(29(6)7)45(60)50-34(22-27(2)3)47(62)55-21-15-16-36(55)48(63)54(12)38(24-32-17-19-33(65-13)20-18-32)49(64)66-26-35(43(58)52-41)51-44(59)37(23-28(4)5)53(11)46(61)30(8)9/h17-20,27-31,34-39,41-42,56H,14-16,21-26H2,1-13H3,(H,50,60)(H,51,59)(H,52,58)/t31-,34-,35-,36-,37+,38-,39-,41+,42-/m0/s1. The Bertz CT molecular complexity index is 1870. The van der Waals surface area contributed by atoms with Gasteiger partial charge in [0.25, 0.3) is 5.91 Å². The maximum Gasteiger partial charge on any atom is 0.329 e. The second kappa shape index (κ2) is 25.8. The van der Waals surface area contributed by atoms with Crippen LogP contribution in [0.1, 0.15) is 113 Å². The van der Waals surface area contributed by atoms with Crippen molar-refractivity contribution in [2.45, 2.75) is 163 Å². The van der Waals surface area contributed by atoms with Crippen LogP contribution in [0.15, 0.2) is 24.3 Å². The largest absolute Gasteiger partial charge is 0.497 e. The molecule has 6 amide bonds. The van der Waals surface area contributed by atoms with E-state index in [2.05, 4.69) is 16.0 Å². The molecule has 2 aliphatic rings. The summed E-state index contributed by atoms with van der Waals surface area (Å²) in [5.74, 6) is -6.55. The number of hydrogen-bond donors (Lipinski definition) is 4. The fourth-order valence-corrected chi connectivity index (χ4v) is 8.46. The van der Waals surface area contributed by atoms with E-state index in [4.69, 9.17) is 14.2 Å². The summed E-state index contributed by atoms with van der Waals surface area (Å²) in [5.41, 5.74) is 0.630. The van der Waals surface area contributed by atoms with Crippen molar-refractivity contribution in [1.29, 1.82) is 0 Å². The highest BCUT2D eigenvalue weighted by Gasteiger charge is 2.43. The first-order valence-corrected chi connectivity index (χ1v) is 23.8.